The first-order valence-electron chi connectivity index (χ1n) is 8.58. The highest BCUT2D eigenvalue weighted by atomic mass is 32.1. The number of ketones is 1. The lowest BCUT2D eigenvalue weighted by atomic mass is 9.83. The number of likely N-dealkylation sites (N-methyl/N-ethyl adjacent to an activating group) is 1. The zero-order valence-corrected chi connectivity index (χ0v) is 16.1. The van der Waals surface area contributed by atoms with E-state index in [4.69, 9.17) is 4.42 Å². The Labute approximate surface area is 160 Å². The number of allylic oxidation sites excluding steroid dienone is 2. The van der Waals surface area contributed by atoms with E-state index >= 15 is 0 Å². The zero-order valence-electron chi connectivity index (χ0n) is 15.3. The molecule has 2 aromatic heterocycles. The fraction of sp³-hybridized carbons (Fsp3) is 0.250. The van der Waals surface area contributed by atoms with Gasteiger partial charge < -0.3 is 9.32 Å². The van der Waals surface area contributed by atoms with E-state index in [0.29, 0.717) is 0 Å². The molecule has 0 aliphatic carbocycles. The van der Waals surface area contributed by atoms with E-state index in [-0.39, 0.29) is 23.6 Å². The van der Waals surface area contributed by atoms with E-state index in [2.05, 4.69) is 25.0 Å². The van der Waals surface area contributed by atoms with Gasteiger partial charge in [0.05, 0.1) is 4.88 Å². The van der Waals surface area contributed by atoms with Crippen LogP contribution in [0.4, 0.5) is 5.69 Å². The van der Waals surface area contributed by atoms with Crippen molar-refractivity contribution in [3.8, 4) is 10.8 Å². The number of carbonyl (C=O) groups excluding carboxylic acids is 1. The molecule has 1 aromatic carbocycles. The average molecular weight is 381 g/mol. The average Bonchev–Trinajstić information content (AvgIpc) is 3.32. The van der Waals surface area contributed by atoms with Crippen LogP contribution in [0.3, 0.4) is 0 Å². The van der Waals surface area contributed by atoms with Crippen molar-refractivity contribution in [2.45, 2.75) is 25.8 Å². The third-order valence-corrected chi connectivity index (χ3v) is 5.74. The Hall–Kier alpha value is -2.93. The SMILES string of the molecule is CN1C(=CC(=O)Cn2nc(-c3cccs3)oc2=O)C(C)(C)c2ccccc21. The van der Waals surface area contributed by atoms with Crippen LogP contribution in [0.5, 0.6) is 0 Å². The number of benzene rings is 1. The lowest BCUT2D eigenvalue weighted by Crippen LogP contribution is -2.26. The van der Waals surface area contributed by atoms with Gasteiger partial charge in [-0.3, -0.25) is 4.79 Å². The summed E-state index contributed by atoms with van der Waals surface area (Å²) in [5, 5.41) is 6.02. The second-order valence-electron chi connectivity index (χ2n) is 7.01. The topological polar surface area (TPSA) is 68.3 Å². The van der Waals surface area contributed by atoms with Crippen LogP contribution >= 0.6 is 11.3 Å². The van der Waals surface area contributed by atoms with E-state index in [1.54, 1.807) is 6.08 Å². The van der Waals surface area contributed by atoms with Crippen molar-refractivity contribution in [1.82, 2.24) is 9.78 Å². The van der Waals surface area contributed by atoms with Gasteiger partial charge in [0.25, 0.3) is 5.89 Å². The van der Waals surface area contributed by atoms with Crippen LogP contribution in [0.25, 0.3) is 10.8 Å². The Morgan fingerprint density at radius 2 is 2.04 bits per heavy atom. The van der Waals surface area contributed by atoms with Crippen LogP contribution in [-0.2, 0) is 16.8 Å². The predicted octanol–water partition coefficient (Wildman–Crippen LogP) is 3.45. The van der Waals surface area contributed by atoms with Crippen molar-refractivity contribution in [1.29, 1.82) is 0 Å². The van der Waals surface area contributed by atoms with Gasteiger partial charge in [-0.2, -0.15) is 4.68 Å². The number of hydrogen-bond donors (Lipinski definition) is 0. The maximum Gasteiger partial charge on any atom is 0.437 e. The summed E-state index contributed by atoms with van der Waals surface area (Å²) < 4.78 is 6.24. The van der Waals surface area contributed by atoms with E-state index in [1.807, 2.05) is 47.7 Å². The van der Waals surface area contributed by atoms with Crippen LogP contribution in [0.2, 0.25) is 0 Å². The molecule has 7 heteroatoms. The van der Waals surface area contributed by atoms with Gasteiger partial charge in [-0.1, -0.05) is 38.1 Å². The van der Waals surface area contributed by atoms with Crippen LogP contribution in [0.15, 0.2) is 62.8 Å². The highest BCUT2D eigenvalue weighted by molar-refractivity contribution is 7.13. The van der Waals surface area contributed by atoms with Crippen LogP contribution in [-0.4, -0.2) is 22.6 Å². The number of aromatic nitrogens is 2. The van der Waals surface area contributed by atoms with E-state index < -0.39 is 5.76 Å². The summed E-state index contributed by atoms with van der Waals surface area (Å²) in [5.41, 5.74) is 2.85. The molecule has 138 valence electrons. The molecular weight excluding hydrogens is 362 g/mol. The molecule has 0 saturated carbocycles. The molecule has 3 heterocycles. The molecule has 6 nitrogen and oxygen atoms in total. The molecule has 0 atom stereocenters. The van der Waals surface area contributed by atoms with Crippen LogP contribution < -0.4 is 10.7 Å². The minimum atomic E-state index is -0.632. The van der Waals surface area contributed by atoms with Gasteiger partial charge in [-0.05, 0) is 23.1 Å². The van der Waals surface area contributed by atoms with Gasteiger partial charge >= 0.3 is 5.76 Å². The molecule has 0 unspecified atom stereocenters. The van der Waals surface area contributed by atoms with Crippen molar-refractivity contribution in [2.24, 2.45) is 0 Å². The normalized spacial score (nSPS) is 16.7. The fourth-order valence-corrected chi connectivity index (χ4v) is 4.15. The summed E-state index contributed by atoms with van der Waals surface area (Å²) in [7, 11) is 1.95. The Kier molecular flexibility index (Phi) is 4.11. The summed E-state index contributed by atoms with van der Waals surface area (Å²) in [6, 6.07) is 11.8. The summed E-state index contributed by atoms with van der Waals surface area (Å²) in [6.07, 6.45) is 1.60. The summed E-state index contributed by atoms with van der Waals surface area (Å²) in [6.45, 7) is 4.02. The molecule has 0 radical (unpaired) electrons. The number of rotatable bonds is 4. The van der Waals surface area contributed by atoms with E-state index in [1.165, 1.54) is 16.9 Å². The molecule has 0 N–H and O–H groups in total. The van der Waals surface area contributed by atoms with Crippen molar-refractivity contribution in [2.75, 3.05) is 11.9 Å². The Bertz CT molecular complexity index is 1090. The third-order valence-electron chi connectivity index (χ3n) is 4.88. The Balaban J connectivity index is 1.61. The van der Waals surface area contributed by atoms with E-state index in [0.717, 1.165) is 20.9 Å². The summed E-state index contributed by atoms with van der Waals surface area (Å²) in [4.78, 5) is 27.5. The molecule has 0 fully saturated rings. The Morgan fingerprint density at radius 3 is 2.74 bits per heavy atom. The quantitative estimate of drug-likeness (QED) is 0.648. The zero-order chi connectivity index (χ0) is 19.2. The maximum atomic E-state index is 12.7. The van der Waals surface area contributed by atoms with Crippen molar-refractivity contribution < 1.29 is 9.21 Å². The number of anilines is 1. The lowest BCUT2D eigenvalue weighted by Gasteiger charge is -2.23. The molecule has 3 aromatic rings. The minimum Gasteiger partial charge on any atom is -0.387 e. The van der Waals surface area contributed by atoms with Crippen molar-refractivity contribution in [3.63, 3.8) is 0 Å². The molecule has 0 spiro atoms. The summed E-state index contributed by atoms with van der Waals surface area (Å²) in [5.74, 6) is -0.598. The highest BCUT2D eigenvalue weighted by Gasteiger charge is 2.38. The monoisotopic (exact) mass is 381 g/mol. The molecule has 0 amide bonds. The number of thiophene rings is 1. The van der Waals surface area contributed by atoms with E-state index in [9.17, 15) is 9.59 Å². The van der Waals surface area contributed by atoms with Crippen LogP contribution in [0, 0.1) is 0 Å². The summed E-state index contributed by atoms with van der Waals surface area (Å²) >= 11 is 1.42. The van der Waals surface area contributed by atoms with Gasteiger partial charge in [0.15, 0.2) is 5.78 Å². The third kappa shape index (κ3) is 2.94. The van der Waals surface area contributed by atoms with Gasteiger partial charge in [0.1, 0.15) is 6.54 Å². The second-order valence-corrected chi connectivity index (χ2v) is 7.95. The Morgan fingerprint density at radius 1 is 1.26 bits per heavy atom. The van der Waals surface area contributed by atoms with Gasteiger partial charge in [-0.25, -0.2) is 4.79 Å². The first-order valence-corrected chi connectivity index (χ1v) is 9.46. The number of nitrogens with zero attached hydrogens (tertiary/aromatic N) is 3. The number of hydrogen-bond acceptors (Lipinski definition) is 6. The first kappa shape index (κ1) is 17.5. The first-order chi connectivity index (χ1) is 12.9. The number of carbonyl (C=O) groups is 1. The highest BCUT2D eigenvalue weighted by Crippen LogP contribution is 2.46. The molecule has 1 aliphatic rings. The number of fused-ring (bicyclic) bond motifs is 1. The molecule has 0 saturated heterocycles. The van der Waals surface area contributed by atoms with Crippen molar-refractivity contribution >= 4 is 22.8 Å². The fourth-order valence-electron chi connectivity index (χ4n) is 3.51. The predicted molar refractivity (Wildman–Crippen MR) is 105 cm³/mol. The molecule has 4 rings (SSSR count). The molecular formula is C20H19N3O3S. The standard InChI is InChI=1S/C20H19N3O3S/c1-20(2)14-7-4-5-8-15(14)22(3)17(20)11-13(24)12-23-19(25)26-18(21-23)16-9-6-10-27-16/h4-11H,12H2,1-3H3. The minimum absolute atomic E-state index is 0.155. The second kappa shape index (κ2) is 6.35. The molecule has 1 aliphatic heterocycles. The van der Waals surface area contributed by atoms with Crippen LogP contribution in [0.1, 0.15) is 19.4 Å². The number of para-hydroxylation sites is 1. The lowest BCUT2D eigenvalue weighted by molar-refractivity contribution is -0.115. The van der Waals surface area contributed by atoms with Gasteiger partial charge in [0, 0.05) is 29.9 Å². The van der Waals surface area contributed by atoms with Gasteiger partial charge in [-0.15, -0.1) is 16.4 Å². The smallest absolute Gasteiger partial charge is 0.387 e. The maximum absolute atomic E-state index is 12.7. The largest absolute Gasteiger partial charge is 0.437 e. The molecule has 0 bridgehead atoms. The van der Waals surface area contributed by atoms with Gasteiger partial charge in [0.2, 0.25) is 0 Å². The molecule has 27 heavy (non-hydrogen) atoms. The van der Waals surface area contributed by atoms with Crippen molar-refractivity contribution in [3.05, 3.63) is 69.7 Å².